The number of thiophene rings is 1. The minimum atomic E-state index is -0.307. The third-order valence-corrected chi connectivity index (χ3v) is 5.06. The molecule has 23 heavy (non-hydrogen) atoms. The van der Waals surface area contributed by atoms with Gasteiger partial charge in [0.2, 0.25) is 5.91 Å². The number of aliphatic hydroxyl groups is 1. The van der Waals surface area contributed by atoms with Crippen LogP contribution in [0.2, 0.25) is 0 Å². The van der Waals surface area contributed by atoms with Crippen molar-refractivity contribution in [3.05, 3.63) is 58.3 Å². The number of carbonyl (C=O) groups is 1. The molecule has 0 radical (unpaired) electrons. The molecule has 2 N–H and O–H groups in total. The molecule has 122 valence electrons. The Morgan fingerprint density at radius 2 is 2.09 bits per heavy atom. The molecule has 1 saturated heterocycles. The van der Waals surface area contributed by atoms with Crippen LogP contribution in [0.15, 0.2) is 47.8 Å². The number of hydrogen-bond donors (Lipinski definition) is 2. The van der Waals surface area contributed by atoms with Gasteiger partial charge in [0.15, 0.2) is 0 Å². The molecule has 1 aromatic carbocycles. The van der Waals surface area contributed by atoms with Crippen molar-refractivity contribution in [1.29, 1.82) is 0 Å². The minimum absolute atomic E-state index is 0.0495. The Bertz CT molecular complexity index is 615. The fraction of sp³-hybridized carbons (Fsp3) is 0.389. The smallest absolute Gasteiger partial charge is 0.225 e. The summed E-state index contributed by atoms with van der Waals surface area (Å²) >= 11 is 1.60. The molecule has 0 bridgehead atoms. The van der Waals surface area contributed by atoms with Crippen molar-refractivity contribution in [3.8, 4) is 0 Å². The number of nitrogens with one attached hydrogen (secondary N) is 1. The minimum Gasteiger partial charge on any atom is -0.392 e. The lowest BCUT2D eigenvalue weighted by Gasteiger charge is -2.24. The molecule has 0 saturated carbocycles. The third kappa shape index (κ3) is 4.64. The van der Waals surface area contributed by atoms with E-state index in [0.29, 0.717) is 25.9 Å². The second-order valence-electron chi connectivity index (χ2n) is 6.02. The van der Waals surface area contributed by atoms with Crippen molar-refractivity contribution in [2.45, 2.75) is 31.5 Å². The zero-order chi connectivity index (χ0) is 16.1. The Morgan fingerprint density at radius 3 is 2.83 bits per heavy atom. The summed E-state index contributed by atoms with van der Waals surface area (Å²) < 4.78 is 0. The second-order valence-corrected chi connectivity index (χ2v) is 7.05. The zero-order valence-corrected chi connectivity index (χ0v) is 13.8. The van der Waals surface area contributed by atoms with Crippen LogP contribution in [0.5, 0.6) is 0 Å². The van der Waals surface area contributed by atoms with Crippen LogP contribution < -0.4 is 5.32 Å². The Balaban J connectivity index is 1.52. The molecule has 1 aliphatic heterocycles. The first-order valence-corrected chi connectivity index (χ1v) is 8.84. The number of benzene rings is 1. The van der Waals surface area contributed by atoms with E-state index in [1.54, 1.807) is 11.3 Å². The summed E-state index contributed by atoms with van der Waals surface area (Å²) in [5.74, 6) is 0.0495. The number of hydrogen-bond acceptors (Lipinski definition) is 4. The van der Waals surface area contributed by atoms with E-state index in [-0.39, 0.29) is 18.1 Å². The summed E-state index contributed by atoms with van der Waals surface area (Å²) in [6, 6.07) is 14.4. The van der Waals surface area contributed by atoms with Gasteiger partial charge in [-0.3, -0.25) is 9.69 Å². The van der Waals surface area contributed by atoms with Gasteiger partial charge in [-0.05, 0) is 23.4 Å². The summed E-state index contributed by atoms with van der Waals surface area (Å²) in [6.07, 6.45) is 0.843. The van der Waals surface area contributed by atoms with Crippen molar-refractivity contribution in [3.63, 3.8) is 0 Å². The number of likely N-dealkylation sites (tertiary alicyclic amines) is 1. The molecule has 1 fully saturated rings. The monoisotopic (exact) mass is 330 g/mol. The standard InChI is InChI=1S/C18H22N2O2S/c21-16-9-15(11-19-18(22)10-17-7-4-8-23-17)20(13-16)12-14-5-2-1-3-6-14/h1-8,15-16,21H,9-13H2,(H,19,22). The highest BCUT2D eigenvalue weighted by molar-refractivity contribution is 7.10. The summed E-state index contributed by atoms with van der Waals surface area (Å²) in [5, 5.41) is 15.0. The molecule has 1 aliphatic rings. The summed E-state index contributed by atoms with van der Waals surface area (Å²) in [6.45, 7) is 2.07. The van der Waals surface area contributed by atoms with Gasteiger partial charge in [0, 0.05) is 30.6 Å². The SMILES string of the molecule is O=C(Cc1cccs1)NCC1CC(O)CN1Cc1ccccc1. The van der Waals surface area contributed by atoms with Crippen LogP contribution in [0.4, 0.5) is 0 Å². The van der Waals surface area contributed by atoms with E-state index < -0.39 is 0 Å². The molecule has 0 spiro atoms. The molecule has 2 unspecified atom stereocenters. The summed E-state index contributed by atoms with van der Waals surface area (Å²) in [5.41, 5.74) is 1.23. The molecule has 4 nitrogen and oxygen atoms in total. The lowest BCUT2D eigenvalue weighted by molar-refractivity contribution is -0.120. The predicted molar refractivity (Wildman–Crippen MR) is 92.3 cm³/mol. The number of rotatable bonds is 6. The molecule has 3 rings (SSSR count). The van der Waals surface area contributed by atoms with Gasteiger partial charge in [0.05, 0.1) is 12.5 Å². The Labute approximate surface area is 140 Å². The molecule has 0 aliphatic carbocycles. The number of aliphatic hydroxyl groups excluding tert-OH is 1. The van der Waals surface area contributed by atoms with E-state index in [2.05, 4.69) is 22.3 Å². The van der Waals surface area contributed by atoms with E-state index in [1.165, 1.54) is 5.56 Å². The number of β-amino-alcohol motifs (C(OH)–C–C–N with tert-alkyl or cyclic N) is 1. The van der Waals surface area contributed by atoms with Crippen molar-refractivity contribution in [1.82, 2.24) is 10.2 Å². The van der Waals surface area contributed by atoms with E-state index in [1.807, 2.05) is 35.7 Å². The van der Waals surface area contributed by atoms with E-state index in [9.17, 15) is 9.90 Å². The molecule has 1 amide bonds. The number of nitrogens with zero attached hydrogens (tertiary/aromatic N) is 1. The highest BCUT2D eigenvalue weighted by atomic mass is 32.1. The Morgan fingerprint density at radius 1 is 1.26 bits per heavy atom. The van der Waals surface area contributed by atoms with Crippen LogP contribution >= 0.6 is 11.3 Å². The number of amides is 1. The maximum absolute atomic E-state index is 12.0. The normalized spacial score (nSPS) is 21.4. The van der Waals surface area contributed by atoms with Gasteiger partial charge < -0.3 is 10.4 Å². The van der Waals surface area contributed by atoms with Crippen molar-refractivity contribution in [2.75, 3.05) is 13.1 Å². The van der Waals surface area contributed by atoms with Crippen molar-refractivity contribution >= 4 is 17.2 Å². The lowest BCUT2D eigenvalue weighted by Crippen LogP contribution is -2.40. The molecule has 1 aromatic heterocycles. The average molecular weight is 330 g/mol. The van der Waals surface area contributed by atoms with Gasteiger partial charge in [-0.25, -0.2) is 0 Å². The fourth-order valence-electron chi connectivity index (χ4n) is 3.05. The van der Waals surface area contributed by atoms with E-state index >= 15 is 0 Å². The van der Waals surface area contributed by atoms with Gasteiger partial charge in [-0.2, -0.15) is 0 Å². The van der Waals surface area contributed by atoms with Crippen LogP contribution in [0.3, 0.4) is 0 Å². The topological polar surface area (TPSA) is 52.6 Å². The quantitative estimate of drug-likeness (QED) is 0.852. The van der Waals surface area contributed by atoms with Gasteiger partial charge in [0.1, 0.15) is 0 Å². The average Bonchev–Trinajstić information content (AvgIpc) is 3.16. The highest BCUT2D eigenvalue weighted by Crippen LogP contribution is 2.20. The van der Waals surface area contributed by atoms with Gasteiger partial charge in [-0.1, -0.05) is 36.4 Å². The van der Waals surface area contributed by atoms with Crippen molar-refractivity contribution < 1.29 is 9.90 Å². The maximum atomic E-state index is 12.0. The third-order valence-electron chi connectivity index (χ3n) is 4.18. The number of carbonyl (C=O) groups excluding carboxylic acids is 1. The largest absolute Gasteiger partial charge is 0.392 e. The van der Waals surface area contributed by atoms with Crippen LogP contribution in [0, 0.1) is 0 Å². The molecule has 2 aromatic rings. The molecule has 2 heterocycles. The van der Waals surface area contributed by atoms with Crippen LogP contribution in [0.25, 0.3) is 0 Å². The van der Waals surface area contributed by atoms with Crippen LogP contribution in [-0.4, -0.2) is 41.1 Å². The van der Waals surface area contributed by atoms with E-state index in [4.69, 9.17) is 0 Å². The van der Waals surface area contributed by atoms with E-state index in [0.717, 1.165) is 11.4 Å². The molecular weight excluding hydrogens is 308 g/mol. The van der Waals surface area contributed by atoms with Gasteiger partial charge >= 0.3 is 0 Å². The van der Waals surface area contributed by atoms with Gasteiger partial charge in [0.25, 0.3) is 0 Å². The Kier molecular flexibility index (Phi) is 5.43. The van der Waals surface area contributed by atoms with Gasteiger partial charge in [-0.15, -0.1) is 11.3 Å². The molecule has 5 heteroatoms. The second kappa shape index (κ2) is 7.73. The molecular formula is C18H22N2O2S. The highest BCUT2D eigenvalue weighted by Gasteiger charge is 2.30. The lowest BCUT2D eigenvalue weighted by atomic mass is 10.1. The first-order valence-electron chi connectivity index (χ1n) is 7.96. The first-order chi connectivity index (χ1) is 11.2. The molecule has 2 atom stereocenters. The maximum Gasteiger partial charge on any atom is 0.225 e. The fourth-order valence-corrected chi connectivity index (χ4v) is 3.75. The first kappa shape index (κ1) is 16.2. The summed E-state index contributed by atoms with van der Waals surface area (Å²) in [4.78, 5) is 15.4. The predicted octanol–water partition coefficient (Wildman–Crippen LogP) is 2.04. The Hall–Kier alpha value is -1.69. The summed E-state index contributed by atoms with van der Waals surface area (Å²) in [7, 11) is 0. The van der Waals surface area contributed by atoms with Crippen molar-refractivity contribution in [2.24, 2.45) is 0 Å². The van der Waals surface area contributed by atoms with Crippen LogP contribution in [-0.2, 0) is 17.8 Å². The zero-order valence-electron chi connectivity index (χ0n) is 13.0. The van der Waals surface area contributed by atoms with Crippen LogP contribution in [0.1, 0.15) is 16.9 Å².